The standard InChI is InChI=1S/C20H23NO/c21-20(17-6-12-5-13(8-17)9-18(20)7-12)16-3-1-15-11-19(22)4-2-14(15)10-16/h1-4,10-13,17-18,22H,5-9,21H2. The van der Waals surface area contributed by atoms with Crippen molar-refractivity contribution in [3.8, 4) is 5.75 Å². The van der Waals surface area contributed by atoms with Gasteiger partial charge in [0.05, 0.1) is 0 Å². The minimum atomic E-state index is -0.125. The van der Waals surface area contributed by atoms with Gasteiger partial charge < -0.3 is 10.8 Å². The minimum absolute atomic E-state index is 0.125. The van der Waals surface area contributed by atoms with Gasteiger partial charge in [-0.25, -0.2) is 0 Å². The fraction of sp³-hybridized carbons (Fsp3) is 0.500. The van der Waals surface area contributed by atoms with Gasteiger partial charge >= 0.3 is 0 Å². The summed E-state index contributed by atoms with van der Waals surface area (Å²) in [5.74, 6) is 3.54. The lowest BCUT2D eigenvalue weighted by molar-refractivity contribution is -0.0583. The molecule has 4 fully saturated rings. The van der Waals surface area contributed by atoms with E-state index in [0.29, 0.717) is 17.6 Å². The van der Waals surface area contributed by atoms with Crippen LogP contribution in [0.25, 0.3) is 10.8 Å². The van der Waals surface area contributed by atoms with Crippen LogP contribution in [0.2, 0.25) is 0 Å². The van der Waals surface area contributed by atoms with Crippen LogP contribution < -0.4 is 5.73 Å². The highest BCUT2D eigenvalue weighted by molar-refractivity contribution is 5.84. The third-order valence-corrected chi connectivity index (χ3v) is 6.81. The zero-order valence-electron chi connectivity index (χ0n) is 12.8. The topological polar surface area (TPSA) is 46.2 Å². The first-order valence-electron chi connectivity index (χ1n) is 8.65. The Hall–Kier alpha value is -1.54. The van der Waals surface area contributed by atoms with E-state index in [2.05, 4.69) is 18.2 Å². The quantitative estimate of drug-likeness (QED) is 0.829. The Kier molecular flexibility index (Phi) is 2.51. The fourth-order valence-corrected chi connectivity index (χ4v) is 5.94. The Balaban J connectivity index is 1.62. The van der Waals surface area contributed by atoms with E-state index in [1.807, 2.05) is 12.1 Å². The van der Waals surface area contributed by atoms with E-state index < -0.39 is 0 Å². The predicted octanol–water partition coefficient (Wildman–Crippen LogP) is 4.16. The van der Waals surface area contributed by atoms with Crippen molar-refractivity contribution in [3.63, 3.8) is 0 Å². The third kappa shape index (κ3) is 1.65. The third-order valence-electron chi connectivity index (χ3n) is 6.81. The number of phenols is 1. The van der Waals surface area contributed by atoms with Gasteiger partial charge in [-0.1, -0.05) is 18.2 Å². The van der Waals surface area contributed by atoms with Crippen LogP contribution in [0.5, 0.6) is 5.75 Å². The lowest BCUT2D eigenvalue weighted by Gasteiger charge is -2.60. The van der Waals surface area contributed by atoms with Gasteiger partial charge in [-0.15, -0.1) is 0 Å². The van der Waals surface area contributed by atoms with Gasteiger partial charge in [-0.05, 0) is 90.3 Å². The van der Waals surface area contributed by atoms with Crippen LogP contribution >= 0.6 is 0 Å². The molecule has 0 atom stereocenters. The maximum Gasteiger partial charge on any atom is 0.116 e. The predicted molar refractivity (Wildman–Crippen MR) is 88.5 cm³/mol. The normalized spacial score (nSPS) is 39.5. The van der Waals surface area contributed by atoms with Crippen LogP contribution in [0.1, 0.15) is 37.7 Å². The number of hydrogen-bond acceptors (Lipinski definition) is 2. The van der Waals surface area contributed by atoms with Gasteiger partial charge in [0.25, 0.3) is 0 Å². The van der Waals surface area contributed by atoms with Gasteiger partial charge in [0.1, 0.15) is 5.75 Å². The number of benzene rings is 2. The second-order valence-electron chi connectivity index (χ2n) is 7.98. The van der Waals surface area contributed by atoms with E-state index >= 15 is 0 Å². The second kappa shape index (κ2) is 4.26. The average Bonchev–Trinajstić information content (AvgIpc) is 2.51. The molecule has 0 unspecified atom stereocenters. The van der Waals surface area contributed by atoms with Gasteiger partial charge in [-0.2, -0.15) is 0 Å². The molecule has 4 aliphatic rings. The molecule has 0 spiro atoms. The first kappa shape index (κ1) is 13.0. The molecule has 0 radical (unpaired) electrons. The maximum atomic E-state index is 9.64. The molecule has 2 heteroatoms. The largest absolute Gasteiger partial charge is 0.508 e. The molecule has 4 aliphatic carbocycles. The summed E-state index contributed by atoms with van der Waals surface area (Å²) in [7, 11) is 0. The Morgan fingerprint density at radius 2 is 1.41 bits per heavy atom. The molecule has 6 rings (SSSR count). The SMILES string of the molecule is NC1(c2ccc3cc(O)ccc3c2)C2CC3CC(C2)CC1C3. The highest BCUT2D eigenvalue weighted by Crippen LogP contribution is 2.60. The van der Waals surface area contributed by atoms with Crippen molar-refractivity contribution in [2.45, 2.75) is 37.6 Å². The second-order valence-corrected chi connectivity index (χ2v) is 7.98. The number of rotatable bonds is 1. The monoisotopic (exact) mass is 293 g/mol. The molecule has 0 amide bonds. The molecule has 0 aromatic heterocycles. The van der Waals surface area contributed by atoms with E-state index in [0.717, 1.165) is 17.2 Å². The molecule has 0 aliphatic heterocycles. The lowest BCUT2D eigenvalue weighted by atomic mass is 9.47. The summed E-state index contributed by atoms with van der Waals surface area (Å²) in [6, 6.07) is 12.2. The average molecular weight is 293 g/mol. The van der Waals surface area contributed by atoms with Crippen molar-refractivity contribution < 1.29 is 5.11 Å². The summed E-state index contributed by atoms with van der Waals surface area (Å²) < 4.78 is 0. The zero-order valence-corrected chi connectivity index (χ0v) is 12.8. The summed E-state index contributed by atoms with van der Waals surface area (Å²) in [5, 5.41) is 11.9. The first-order valence-corrected chi connectivity index (χ1v) is 8.65. The molecule has 3 N–H and O–H groups in total. The van der Waals surface area contributed by atoms with Crippen molar-refractivity contribution in [2.75, 3.05) is 0 Å². The fourth-order valence-electron chi connectivity index (χ4n) is 5.94. The van der Waals surface area contributed by atoms with Gasteiger partial charge in [0.15, 0.2) is 0 Å². The van der Waals surface area contributed by atoms with Gasteiger partial charge in [-0.3, -0.25) is 0 Å². The van der Waals surface area contributed by atoms with Crippen molar-refractivity contribution in [3.05, 3.63) is 42.0 Å². The highest BCUT2D eigenvalue weighted by Gasteiger charge is 2.55. The molecule has 0 saturated heterocycles. The molecule has 2 nitrogen and oxygen atoms in total. The van der Waals surface area contributed by atoms with Crippen molar-refractivity contribution in [2.24, 2.45) is 29.4 Å². The maximum absolute atomic E-state index is 9.64. The number of hydrogen-bond donors (Lipinski definition) is 2. The van der Waals surface area contributed by atoms with Crippen molar-refractivity contribution >= 4 is 10.8 Å². The summed E-state index contributed by atoms with van der Waals surface area (Å²) in [6.45, 7) is 0. The molecule has 4 bridgehead atoms. The van der Waals surface area contributed by atoms with Crippen LogP contribution in [0.15, 0.2) is 36.4 Å². The summed E-state index contributed by atoms with van der Waals surface area (Å²) in [5.41, 5.74) is 8.28. The number of nitrogens with two attached hydrogens (primary N) is 1. The number of phenolic OH excluding ortho intramolecular Hbond substituents is 1. The molecule has 22 heavy (non-hydrogen) atoms. The van der Waals surface area contributed by atoms with Crippen LogP contribution in [0.4, 0.5) is 0 Å². The molecular weight excluding hydrogens is 270 g/mol. The van der Waals surface area contributed by atoms with E-state index in [-0.39, 0.29) is 5.54 Å². The van der Waals surface area contributed by atoms with Gasteiger partial charge in [0, 0.05) is 5.54 Å². The summed E-state index contributed by atoms with van der Waals surface area (Å²) >= 11 is 0. The molecule has 2 aromatic rings. The number of aromatic hydroxyl groups is 1. The molecule has 114 valence electrons. The smallest absolute Gasteiger partial charge is 0.116 e. The highest BCUT2D eigenvalue weighted by atomic mass is 16.3. The Morgan fingerprint density at radius 3 is 2.09 bits per heavy atom. The molecule has 0 heterocycles. The molecular formula is C20H23NO. The van der Waals surface area contributed by atoms with E-state index in [4.69, 9.17) is 5.73 Å². The first-order chi connectivity index (χ1) is 10.6. The van der Waals surface area contributed by atoms with Crippen LogP contribution in [0, 0.1) is 23.7 Å². The summed E-state index contributed by atoms with van der Waals surface area (Å²) in [4.78, 5) is 0. The minimum Gasteiger partial charge on any atom is -0.508 e. The summed E-state index contributed by atoms with van der Waals surface area (Å²) in [6.07, 6.45) is 6.78. The van der Waals surface area contributed by atoms with E-state index in [1.54, 1.807) is 6.07 Å². The molecule has 4 saturated carbocycles. The molecule has 2 aromatic carbocycles. The number of fused-ring (bicyclic) bond motifs is 1. The van der Waals surface area contributed by atoms with Crippen molar-refractivity contribution in [1.82, 2.24) is 0 Å². The Labute approximate surface area is 131 Å². The Bertz CT molecular complexity index is 722. The lowest BCUT2D eigenvalue weighted by Crippen LogP contribution is -2.60. The zero-order chi connectivity index (χ0) is 14.9. The van der Waals surface area contributed by atoms with E-state index in [1.165, 1.54) is 43.1 Å². The van der Waals surface area contributed by atoms with Gasteiger partial charge in [0.2, 0.25) is 0 Å². The van der Waals surface area contributed by atoms with Crippen molar-refractivity contribution in [1.29, 1.82) is 0 Å². The van der Waals surface area contributed by atoms with Crippen LogP contribution in [-0.4, -0.2) is 5.11 Å². The van der Waals surface area contributed by atoms with Crippen LogP contribution in [0.3, 0.4) is 0 Å². The Morgan fingerprint density at radius 1 is 0.818 bits per heavy atom. The van der Waals surface area contributed by atoms with Crippen LogP contribution in [-0.2, 0) is 5.54 Å². The van der Waals surface area contributed by atoms with E-state index in [9.17, 15) is 5.11 Å².